The Bertz CT molecular complexity index is 2190. The number of hydrogen-bond acceptors (Lipinski definition) is 5. The van der Waals surface area contributed by atoms with Crippen LogP contribution in [0.2, 0.25) is 10.0 Å². The van der Waals surface area contributed by atoms with Gasteiger partial charge in [0.15, 0.2) is 5.76 Å². The summed E-state index contributed by atoms with van der Waals surface area (Å²) in [5.74, 6) is 1.32. The van der Waals surface area contributed by atoms with Crippen molar-refractivity contribution >= 4 is 62.1 Å². The maximum absolute atomic E-state index is 13.8. The Morgan fingerprint density at radius 2 is 1.57 bits per heavy atom. The molecule has 204 valence electrons. The number of aromatic nitrogens is 2. The zero-order valence-electron chi connectivity index (χ0n) is 22.0. The van der Waals surface area contributed by atoms with Gasteiger partial charge in [-0.1, -0.05) is 89.9 Å². The van der Waals surface area contributed by atoms with Crippen molar-refractivity contribution in [1.82, 2.24) is 9.66 Å². The first-order valence-electron chi connectivity index (χ1n) is 13.2. The summed E-state index contributed by atoms with van der Waals surface area (Å²) in [6.45, 7) is 0.262. The molecule has 0 atom stereocenters. The molecule has 0 aliphatic rings. The van der Waals surface area contributed by atoms with E-state index in [0.717, 1.165) is 21.7 Å². The summed E-state index contributed by atoms with van der Waals surface area (Å²) in [5, 5.41) is 8.91. The van der Waals surface area contributed by atoms with Crippen LogP contribution in [0.4, 0.5) is 0 Å². The van der Waals surface area contributed by atoms with Gasteiger partial charge in [0.05, 0.1) is 27.2 Å². The lowest BCUT2D eigenvalue weighted by atomic mass is 10.0. The van der Waals surface area contributed by atoms with Crippen molar-refractivity contribution in [3.8, 4) is 17.3 Å². The van der Waals surface area contributed by atoms with E-state index in [-0.39, 0.29) is 12.2 Å². The molecule has 7 aromatic rings. The molecule has 0 spiro atoms. The van der Waals surface area contributed by atoms with E-state index in [2.05, 4.69) is 0 Å². The zero-order valence-corrected chi connectivity index (χ0v) is 23.5. The largest absolute Gasteiger partial charge is 0.488 e. The first kappa shape index (κ1) is 26.0. The number of halogens is 2. The lowest BCUT2D eigenvalue weighted by Crippen LogP contribution is -2.20. The molecule has 2 heterocycles. The van der Waals surface area contributed by atoms with E-state index in [0.29, 0.717) is 49.4 Å². The molecule has 0 aliphatic carbocycles. The number of rotatable bonds is 6. The van der Waals surface area contributed by atoms with Gasteiger partial charge in [-0.3, -0.25) is 4.79 Å². The summed E-state index contributed by atoms with van der Waals surface area (Å²) in [6, 6.07) is 33.9. The highest BCUT2D eigenvalue weighted by Gasteiger charge is 2.17. The summed E-state index contributed by atoms with van der Waals surface area (Å²) in [5.41, 5.74) is 2.51. The Hall–Kier alpha value is -4.91. The smallest absolute Gasteiger partial charge is 0.282 e. The van der Waals surface area contributed by atoms with E-state index in [9.17, 15) is 4.79 Å². The minimum absolute atomic E-state index is 0.262. The molecule has 42 heavy (non-hydrogen) atoms. The molecule has 0 radical (unpaired) electrons. The summed E-state index contributed by atoms with van der Waals surface area (Å²) in [7, 11) is 0. The Kier molecular flexibility index (Phi) is 6.70. The normalized spacial score (nSPS) is 11.7. The number of benzene rings is 5. The Labute approximate surface area is 250 Å². The average molecular weight is 590 g/mol. The van der Waals surface area contributed by atoms with Crippen LogP contribution in [0.3, 0.4) is 0 Å². The van der Waals surface area contributed by atoms with Crippen molar-refractivity contribution < 1.29 is 9.15 Å². The second kappa shape index (κ2) is 10.8. The summed E-state index contributed by atoms with van der Waals surface area (Å²) < 4.78 is 13.6. The van der Waals surface area contributed by atoms with E-state index >= 15 is 0 Å². The van der Waals surface area contributed by atoms with Crippen LogP contribution in [0.25, 0.3) is 44.2 Å². The van der Waals surface area contributed by atoms with Crippen molar-refractivity contribution in [2.75, 3.05) is 0 Å². The van der Waals surface area contributed by atoms with Crippen molar-refractivity contribution in [2.24, 2.45) is 5.10 Å². The third-order valence-electron chi connectivity index (χ3n) is 7.01. The maximum Gasteiger partial charge on any atom is 0.282 e. The molecule has 7 rings (SSSR count). The molecule has 0 aliphatic heterocycles. The van der Waals surface area contributed by atoms with Gasteiger partial charge in [0.2, 0.25) is 5.82 Å². The van der Waals surface area contributed by atoms with E-state index in [1.165, 1.54) is 4.68 Å². The number of ether oxygens (including phenoxy) is 1. The van der Waals surface area contributed by atoms with Crippen LogP contribution < -0.4 is 10.3 Å². The summed E-state index contributed by atoms with van der Waals surface area (Å²) >= 11 is 12.3. The van der Waals surface area contributed by atoms with Gasteiger partial charge >= 0.3 is 0 Å². The third kappa shape index (κ3) is 4.81. The molecule has 0 unspecified atom stereocenters. The van der Waals surface area contributed by atoms with E-state index in [1.54, 1.807) is 36.5 Å². The average Bonchev–Trinajstić information content (AvgIpc) is 3.46. The van der Waals surface area contributed by atoms with Crippen LogP contribution in [0.15, 0.2) is 124 Å². The van der Waals surface area contributed by atoms with Crippen molar-refractivity contribution in [1.29, 1.82) is 0 Å². The lowest BCUT2D eigenvalue weighted by molar-refractivity contribution is 0.306. The van der Waals surface area contributed by atoms with Crippen LogP contribution in [-0.2, 0) is 6.61 Å². The number of nitrogens with zero attached hydrogens (tertiary/aromatic N) is 3. The molecule has 8 heteroatoms. The monoisotopic (exact) mass is 589 g/mol. The first-order chi connectivity index (χ1) is 20.5. The fourth-order valence-electron chi connectivity index (χ4n) is 4.92. The molecular formula is C34H21Cl2N3O3. The molecule has 0 saturated heterocycles. The molecule has 0 amide bonds. The van der Waals surface area contributed by atoms with Gasteiger partial charge < -0.3 is 9.15 Å². The molecule has 0 bridgehead atoms. The van der Waals surface area contributed by atoms with E-state index in [4.69, 9.17) is 42.4 Å². The standard InChI is InChI=1S/C34H21Cl2N3O3/c35-27-15-13-21(17-28(27)36)20-41-31-16-14-22-7-1-3-9-24(22)26(31)19-37-39-33(32-18-23-8-2-6-12-30(23)42-32)38-29-11-5-4-10-25(29)34(39)40/h1-19H,20H2. The fourth-order valence-corrected chi connectivity index (χ4v) is 5.24. The fraction of sp³-hybridized carbons (Fsp3) is 0.0294. The van der Waals surface area contributed by atoms with Crippen molar-refractivity contribution in [3.63, 3.8) is 0 Å². The van der Waals surface area contributed by atoms with Gasteiger partial charge in [0, 0.05) is 10.9 Å². The number of para-hydroxylation sites is 2. The Morgan fingerprint density at radius 3 is 2.40 bits per heavy atom. The molecular weight excluding hydrogens is 569 g/mol. The first-order valence-corrected chi connectivity index (χ1v) is 13.9. The zero-order chi connectivity index (χ0) is 28.6. The quantitative estimate of drug-likeness (QED) is 0.182. The van der Waals surface area contributed by atoms with Crippen LogP contribution in [0, 0.1) is 0 Å². The number of fused-ring (bicyclic) bond motifs is 3. The lowest BCUT2D eigenvalue weighted by Gasteiger charge is -2.13. The Balaban J connectivity index is 1.37. The molecule has 0 fully saturated rings. The molecule has 0 saturated carbocycles. The van der Waals surface area contributed by atoms with E-state index < -0.39 is 0 Å². The van der Waals surface area contributed by atoms with E-state index in [1.807, 2.05) is 78.9 Å². The Morgan fingerprint density at radius 1 is 0.810 bits per heavy atom. The highest BCUT2D eigenvalue weighted by Crippen LogP contribution is 2.30. The predicted octanol–water partition coefficient (Wildman–Crippen LogP) is 8.73. The second-order valence-corrected chi connectivity index (χ2v) is 10.5. The van der Waals surface area contributed by atoms with Crippen LogP contribution in [-0.4, -0.2) is 15.9 Å². The van der Waals surface area contributed by atoms with Crippen LogP contribution in [0.5, 0.6) is 5.75 Å². The van der Waals surface area contributed by atoms with Crippen molar-refractivity contribution in [3.05, 3.63) is 141 Å². The molecule has 6 nitrogen and oxygen atoms in total. The third-order valence-corrected chi connectivity index (χ3v) is 7.75. The highest BCUT2D eigenvalue weighted by atomic mass is 35.5. The van der Waals surface area contributed by atoms with Crippen LogP contribution >= 0.6 is 23.2 Å². The summed E-state index contributed by atoms with van der Waals surface area (Å²) in [6.07, 6.45) is 1.64. The van der Waals surface area contributed by atoms with Crippen molar-refractivity contribution in [2.45, 2.75) is 6.61 Å². The highest BCUT2D eigenvalue weighted by molar-refractivity contribution is 6.42. The molecule has 2 aromatic heterocycles. The SMILES string of the molecule is O=c1c2ccccc2nc(-c2cc3ccccc3o2)n1N=Cc1c(OCc2ccc(Cl)c(Cl)c2)ccc2ccccc12. The maximum atomic E-state index is 13.8. The van der Waals surface area contributed by atoms with Gasteiger partial charge in [-0.05, 0) is 58.8 Å². The molecule has 0 N–H and O–H groups in total. The van der Waals surface area contributed by atoms with Gasteiger partial charge in [0.25, 0.3) is 5.56 Å². The van der Waals surface area contributed by atoms with Gasteiger partial charge in [0.1, 0.15) is 17.9 Å². The summed E-state index contributed by atoms with van der Waals surface area (Å²) in [4.78, 5) is 18.6. The topological polar surface area (TPSA) is 69.6 Å². The van der Waals surface area contributed by atoms with Gasteiger partial charge in [-0.25, -0.2) is 4.98 Å². The second-order valence-electron chi connectivity index (χ2n) is 9.70. The number of hydrogen-bond donors (Lipinski definition) is 0. The minimum Gasteiger partial charge on any atom is -0.488 e. The van der Waals surface area contributed by atoms with Gasteiger partial charge in [-0.15, -0.1) is 0 Å². The predicted molar refractivity (Wildman–Crippen MR) is 169 cm³/mol. The molecule has 5 aromatic carbocycles. The number of furan rings is 1. The van der Waals surface area contributed by atoms with Gasteiger partial charge in [-0.2, -0.15) is 9.78 Å². The van der Waals surface area contributed by atoms with Crippen LogP contribution in [0.1, 0.15) is 11.1 Å². The minimum atomic E-state index is -0.314.